The maximum atomic E-state index is 12.6. The lowest BCUT2D eigenvalue weighted by Crippen LogP contribution is -2.30. The van der Waals surface area contributed by atoms with Crippen molar-refractivity contribution in [3.63, 3.8) is 0 Å². The Morgan fingerprint density at radius 3 is 2.71 bits per heavy atom. The molecule has 2 heterocycles. The number of benzene rings is 1. The molecule has 0 spiro atoms. The van der Waals surface area contributed by atoms with E-state index in [1.54, 1.807) is 31.3 Å². The molecule has 0 aliphatic rings. The van der Waals surface area contributed by atoms with E-state index >= 15 is 0 Å². The van der Waals surface area contributed by atoms with Crippen molar-refractivity contribution in [2.24, 2.45) is 13.0 Å². The molecule has 0 fully saturated rings. The average molecular weight is 465 g/mol. The highest BCUT2D eigenvalue weighted by molar-refractivity contribution is 6.42. The van der Waals surface area contributed by atoms with Crippen molar-refractivity contribution in [2.45, 2.75) is 20.5 Å². The molecular formula is C21H22Cl2N4O4. The molecule has 3 rings (SSSR count). The number of hydrogen-bond donors (Lipinski definition) is 2. The standard InChI is InChI=1S/C21H22Cl2N4O4/c1-12(2)9-24-21(29)19-15(10-25-27(19)3)26-20(28)17-8-7-13(31-17)11-30-16-6-4-5-14(22)18(16)23/h4-8,10,12H,9,11H2,1-3H3,(H,24,29)(H,26,28). The highest BCUT2D eigenvalue weighted by atomic mass is 35.5. The van der Waals surface area contributed by atoms with Crippen LogP contribution >= 0.6 is 23.2 Å². The lowest BCUT2D eigenvalue weighted by molar-refractivity contribution is 0.0940. The number of hydrogen-bond acceptors (Lipinski definition) is 5. The average Bonchev–Trinajstić information content (AvgIpc) is 3.34. The van der Waals surface area contributed by atoms with Gasteiger partial charge in [0.2, 0.25) is 0 Å². The van der Waals surface area contributed by atoms with Crippen LogP contribution in [0.4, 0.5) is 5.69 Å². The molecule has 0 radical (unpaired) electrons. The number of ether oxygens (including phenoxy) is 1. The SMILES string of the molecule is CC(C)CNC(=O)c1c(NC(=O)c2ccc(COc3cccc(Cl)c3Cl)o2)cnn1C. The van der Waals surface area contributed by atoms with Crippen LogP contribution in [0.1, 0.15) is 40.7 Å². The predicted octanol–water partition coefficient (Wildman–Crippen LogP) is 4.54. The van der Waals surface area contributed by atoms with Crippen molar-refractivity contribution < 1.29 is 18.7 Å². The summed E-state index contributed by atoms with van der Waals surface area (Å²) in [6, 6.07) is 8.18. The second-order valence-electron chi connectivity index (χ2n) is 7.20. The minimum atomic E-state index is -0.516. The molecule has 2 aromatic heterocycles. The summed E-state index contributed by atoms with van der Waals surface area (Å²) in [5, 5.41) is 10.2. The molecule has 2 amide bonds. The molecule has 0 unspecified atom stereocenters. The minimum absolute atomic E-state index is 0.0586. The van der Waals surface area contributed by atoms with Gasteiger partial charge in [0.1, 0.15) is 28.8 Å². The van der Waals surface area contributed by atoms with Crippen LogP contribution in [-0.2, 0) is 13.7 Å². The molecule has 2 N–H and O–H groups in total. The summed E-state index contributed by atoms with van der Waals surface area (Å²) < 4.78 is 12.6. The molecule has 10 heteroatoms. The Hall–Kier alpha value is -2.97. The van der Waals surface area contributed by atoms with Crippen molar-refractivity contribution in [3.8, 4) is 5.75 Å². The normalized spacial score (nSPS) is 10.9. The Morgan fingerprint density at radius 1 is 1.19 bits per heavy atom. The summed E-state index contributed by atoms with van der Waals surface area (Å²) in [4.78, 5) is 25.1. The van der Waals surface area contributed by atoms with Gasteiger partial charge in [-0.25, -0.2) is 0 Å². The van der Waals surface area contributed by atoms with E-state index in [9.17, 15) is 9.59 Å². The van der Waals surface area contributed by atoms with Gasteiger partial charge >= 0.3 is 0 Å². The van der Waals surface area contributed by atoms with Crippen LogP contribution in [0.3, 0.4) is 0 Å². The number of anilines is 1. The fraction of sp³-hybridized carbons (Fsp3) is 0.286. The Labute approximate surface area is 189 Å². The molecule has 0 saturated carbocycles. The highest BCUT2D eigenvalue weighted by Gasteiger charge is 2.21. The maximum absolute atomic E-state index is 12.6. The van der Waals surface area contributed by atoms with E-state index in [2.05, 4.69) is 15.7 Å². The summed E-state index contributed by atoms with van der Waals surface area (Å²) in [6.07, 6.45) is 1.41. The van der Waals surface area contributed by atoms with Crippen LogP contribution in [0.2, 0.25) is 10.0 Å². The third-order valence-electron chi connectivity index (χ3n) is 4.24. The number of furan rings is 1. The van der Waals surface area contributed by atoms with Crippen molar-refractivity contribution in [1.29, 1.82) is 0 Å². The van der Waals surface area contributed by atoms with Gasteiger partial charge in [-0.2, -0.15) is 5.10 Å². The Morgan fingerprint density at radius 2 is 1.97 bits per heavy atom. The summed E-state index contributed by atoms with van der Waals surface area (Å²) >= 11 is 12.1. The summed E-state index contributed by atoms with van der Waals surface area (Å²) in [6.45, 7) is 4.55. The van der Waals surface area contributed by atoms with Crippen LogP contribution in [0, 0.1) is 5.92 Å². The fourth-order valence-electron chi connectivity index (χ4n) is 2.68. The number of halogens is 2. The van der Waals surface area contributed by atoms with Crippen LogP contribution in [0.5, 0.6) is 5.75 Å². The fourth-order valence-corrected chi connectivity index (χ4v) is 3.03. The zero-order chi connectivity index (χ0) is 22.5. The molecule has 3 aromatic rings. The van der Waals surface area contributed by atoms with Crippen molar-refractivity contribution >= 4 is 40.7 Å². The highest BCUT2D eigenvalue weighted by Crippen LogP contribution is 2.32. The third kappa shape index (κ3) is 5.59. The number of aromatic nitrogens is 2. The van der Waals surface area contributed by atoms with Crippen molar-refractivity contribution in [2.75, 3.05) is 11.9 Å². The van der Waals surface area contributed by atoms with Crippen LogP contribution in [-0.4, -0.2) is 28.1 Å². The number of amides is 2. The third-order valence-corrected chi connectivity index (χ3v) is 5.05. The molecule has 164 valence electrons. The number of rotatable bonds is 8. The monoisotopic (exact) mass is 464 g/mol. The first-order valence-corrected chi connectivity index (χ1v) is 10.3. The quantitative estimate of drug-likeness (QED) is 0.509. The number of carbonyl (C=O) groups is 2. The molecule has 31 heavy (non-hydrogen) atoms. The van der Waals surface area contributed by atoms with E-state index in [4.69, 9.17) is 32.4 Å². The number of aryl methyl sites for hydroxylation is 1. The summed E-state index contributed by atoms with van der Waals surface area (Å²) in [5.74, 6) is 0.342. The van der Waals surface area contributed by atoms with Gasteiger partial charge < -0.3 is 19.8 Å². The van der Waals surface area contributed by atoms with Gasteiger partial charge in [-0.15, -0.1) is 0 Å². The van der Waals surface area contributed by atoms with E-state index in [1.807, 2.05) is 13.8 Å². The van der Waals surface area contributed by atoms with Gasteiger partial charge in [-0.05, 0) is 30.2 Å². The number of nitrogens with one attached hydrogen (secondary N) is 2. The molecule has 0 atom stereocenters. The van der Waals surface area contributed by atoms with Crippen molar-refractivity contribution in [3.05, 3.63) is 63.8 Å². The molecule has 0 saturated heterocycles. The molecule has 0 aliphatic heterocycles. The first kappa shape index (κ1) is 22.7. The Balaban J connectivity index is 1.65. The van der Waals surface area contributed by atoms with Crippen LogP contribution < -0.4 is 15.4 Å². The lowest BCUT2D eigenvalue weighted by atomic mass is 10.2. The van der Waals surface area contributed by atoms with Crippen molar-refractivity contribution in [1.82, 2.24) is 15.1 Å². The first-order chi connectivity index (χ1) is 14.8. The first-order valence-electron chi connectivity index (χ1n) is 9.53. The Kier molecular flexibility index (Phi) is 7.25. The van der Waals surface area contributed by atoms with Gasteiger partial charge in [0.15, 0.2) is 5.76 Å². The van der Waals surface area contributed by atoms with Gasteiger partial charge in [0.05, 0.1) is 16.9 Å². The predicted molar refractivity (Wildman–Crippen MR) is 118 cm³/mol. The smallest absolute Gasteiger partial charge is 0.291 e. The Bertz CT molecular complexity index is 1090. The second-order valence-corrected chi connectivity index (χ2v) is 7.98. The van der Waals surface area contributed by atoms with Gasteiger partial charge in [-0.1, -0.05) is 43.1 Å². The molecule has 0 aliphatic carbocycles. The topological polar surface area (TPSA) is 98.4 Å². The summed E-state index contributed by atoms with van der Waals surface area (Å²) in [5.41, 5.74) is 0.536. The number of carbonyl (C=O) groups excluding carboxylic acids is 2. The zero-order valence-corrected chi connectivity index (χ0v) is 18.8. The molecule has 8 nitrogen and oxygen atoms in total. The van der Waals surface area contributed by atoms with E-state index < -0.39 is 5.91 Å². The summed E-state index contributed by atoms with van der Waals surface area (Å²) in [7, 11) is 1.63. The van der Waals surface area contributed by atoms with Gasteiger partial charge in [0, 0.05) is 13.6 Å². The molecule has 1 aromatic carbocycles. The number of nitrogens with zero attached hydrogens (tertiary/aromatic N) is 2. The van der Waals surface area contributed by atoms with Crippen LogP contribution in [0.15, 0.2) is 40.9 Å². The van der Waals surface area contributed by atoms with E-state index in [1.165, 1.54) is 16.9 Å². The lowest BCUT2D eigenvalue weighted by Gasteiger charge is -2.10. The van der Waals surface area contributed by atoms with E-state index in [0.29, 0.717) is 34.0 Å². The van der Waals surface area contributed by atoms with E-state index in [-0.39, 0.29) is 29.7 Å². The molecular weight excluding hydrogens is 443 g/mol. The molecule has 0 bridgehead atoms. The minimum Gasteiger partial charge on any atom is -0.484 e. The van der Waals surface area contributed by atoms with Crippen LogP contribution in [0.25, 0.3) is 0 Å². The zero-order valence-electron chi connectivity index (χ0n) is 17.2. The van der Waals surface area contributed by atoms with Gasteiger partial charge in [-0.3, -0.25) is 14.3 Å². The van der Waals surface area contributed by atoms with E-state index in [0.717, 1.165) is 0 Å². The maximum Gasteiger partial charge on any atom is 0.291 e. The second kappa shape index (κ2) is 9.89. The largest absolute Gasteiger partial charge is 0.484 e. The van der Waals surface area contributed by atoms with Gasteiger partial charge in [0.25, 0.3) is 11.8 Å².